The Bertz CT molecular complexity index is 364. The number of hydrogen-bond donors (Lipinski definition) is 0. The second kappa shape index (κ2) is 7.60. The first-order chi connectivity index (χ1) is 7.79. The second-order valence-electron chi connectivity index (χ2n) is 3.36. The van der Waals surface area contributed by atoms with Crippen molar-refractivity contribution in [2.45, 2.75) is 6.92 Å². The van der Waals surface area contributed by atoms with E-state index in [0.717, 1.165) is 5.56 Å². The molecule has 0 aliphatic rings. The number of carbonyl (C=O) groups is 1. The summed E-state index contributed by atoms with van der Waals surface area (Å²) in [4.78, 5) is 10.6. The van der Waals surface area contributed by atoms with Crippen LogP contribution in [0.15, 0.2) is 48.6 Å². The fraction of sp³-hybridized carbons (Fsp3) is 0.214. The Hall–Kier alpha value is -1.67. The molecule has 2 nitrogen and oxygen atoms in total. The maximum absolute atomic E-state index is 10.6. The molecule has 0 aliphatic heterocycles. The van der Waals surface area contributed by atoms with E-state index in [9.17, 15) is 4.79 Å². The van der Waals surface area contributed by atoms with Gasteiger partial charge in [0, 0.05) is 0 Å². The van der Waals surface area contributed by atoms with E-state index in [1.807, 2.05) is 42.5 Å². The van der Waals surface area contributed by atoms with Crippen LogP contribution in [0.1, 0.15) is 12.5 Å². The summed E-state index contributed by atoms with van der Waals surface area (Å²) in [5, 5.41) is 0. The Morgan fingerprint density at radius 2 is 1.88 bits per heavy atom. The molecule has 0 saturated heterocycles. The molecule has 16 heavy (non-hydrogen) atoms. The Kier molecular flexibility index (Phi) is 5.89. The molecule has 0 aliphatic carbocycles. The zero-order chi connectivity index (χ0) is 11.6. The standard InChI is InChI=1S/C14H16O2/c1-13(15)7-5-11-16-12-6-10-14-8-3-2-4-9-14/h2-10H,11-12H2,1H3/b7-5+,10-6+. The number of rotatable bonds is 6. The van der Waals surface area contributed by atoms with Gasteiger partial charge in [0.1, 0.15) is 0 Å². The lowest BCUT2D eigenvalue weighted by Gasteiger charge is -1.95. The first-order valence-electron chi connectivity index (χ1n) is 5.25. The lowest BCUT2D eigenvalue weighted by Crippen LogP contribution is -1.91. The summed E-state index contributed by atoms with van der Waals surface area (Å²) in [6, 6.07) is 10.0. The largest absolute Gasteiger partial charge is 0.373 e. The molecule has 0 saturated carbocycles. The van der Waals surface area contributed by atoms with Gasteiger partial charge in [0.15, 0.2) is 5.78 Å². The van der Waals surface area contributed by atoms with Crippen molar-refractivity contribution in [3.05, 3.63) is 54.1 Å². The monoisotopic (exact) mass is 216 g/mol. The summed E-state index contributed by atoms with van der Waals surface area (Å²) in [7, 11) is 0. The van der Waals surface area contributed by atoms with Crippen LogP contribution in [-0.2, 0) is 9.53 Å². The Morgan fingerprint density at radius 3 is 2.56 bits per heavy atom. The highest BCUT2D eigenvalue weighted by molar-refractivity contribution is 5.87. The van der Waals surface area contributed by atoms with Crippen molar-refractivity contribution < 1.29 is 9.53 Å². The third-order valence-electron chi connectivity index (χ3n) is 1.89. The van der Waals surface area contributed by atoms with Crippen LogP contribution in [0.2, 0.25) is 0 Å². The number of allylic oxidation sites excluding steroid dienone is 1. The van der Waals surface area contributed by atoms with Crippen molar-refractivity contribution in [1.82, 2.24) is 0 Å². The van der Waals surface area contributed by atoms with Crippen LogP contribution >= 0.6 is 0 Å². The van der Waals surface area contributed by atoms with Crippen molar-refractivity contribution >= 4 is 11.9 Å². The number of benzene rings is 1. The van der Waals surface area contributed by atoms with Crippen LogP contribution in [0.5, 0.6) is 0 Å². The van der Waals surface area contributed by atoms with Gasteiger partial charge in [-0.25, -0.2) is 0 Å². The van der Waals surface area contributed by atoms with E-state index >= 15 is 0 Å². The molecule has 0 N–H and O–H groups in total. The fourth-order valence-corrected chi connectivity index (χ4v) is 1.17. The molecule has 0 spiro atoms. The fourth-order valence-electron chi connectivity index (χ4n) is 1.17. The van der Waals surface area contributed by atoms with Crippen molar-refractivity contribution in [2.24, 2.45) is 0 Å². The summed E-state index contributed by atoms with van der Waals surface area (Å²) in [5.74, 6) is 0.0448. The van der Waals surface area contributed by atoms with Crippen LogP contribution in [0, 0.1) is 0 Å². The predicted octanol–water partition coefficient (Wildman–Crippen LogP) is 2.86. The first-order valence-corrected chi connectivity index (χ1v) is 5.25. The van der Waals surface area contributed by atoms with E-state index < -0.39 is 0 Å². The quantitative estimate of drug-likeness (QED) is 0.540. The number of hydrogen-bond acceptors (Lipinski definition) is 2. The summed E-state index contributed by atoms with van der Waals surface area (Å²) in [6.45, 7) is 2.54. The lowest BCUT2D eigenvalue weighted by atomic mass is 10.2. The number of ether oxygens (including phenoxy) is 1. The van der Waals surface area contributed by atoms with Gasteiger partial charge < -0.3 is 4.74 Å². The molecule has 0 fully saturated rings. The zero-order valence-electron chi connectivity index (χ0n) is 9.43. The predicted molar refractivity (Wildman–Crippen MR) is 66.1 cm³/mol. The molecule has 1 aromatic rings. The highest BCUT2D eigenvalue weighted by atomic mass is 16.5. The summed E-state index contributed by atoms with van der Waals surface area (Å²) < 4.78 is 5.28. The molecular weight excluding hydrogens is 200 g/mol. The topological polar surface area (TPSA) is 26.3 Å². The molecule has 0 unspecified atom stereocenters. The third-order valence-corrected chi connectivity index (χ3v) is 1.89. The van der Waals surface area contributed by atoms with Crippen molar-refractivity contribution in [3.63, 3.8) is 0 Å². The Morgan fingerprint density at radius 1 is 1.19 bits per heavy atom. The van der Waals surface area contributed by atoms with E-state index in [0.29, 0.717) is 13.2 Å². The van der Waals surface area contributed by atoms with Crippen molar-refractivity contribution in [3.8, 4) is 0 Å². The zero-order valence-corrected chi connectivity index (χ0v) is 9.43. The summed E-state index contributed by atoms with van der Waals surface area (Å²) in [5.41, 5.74) is 1.16. The number of ketones is 1. The van der Waals surface area contributed by atoms with Gasteiger partial charge in [-0.15, -0.1) is 0 Å². The van der Waals surface area contributed by atoms with Crippen molar-refractivity contribution in [2.75, 3.05) is 13.2 Å². The molecule has 1 rings (SSSR count). The van der Waals surface area contributed by atoms with E-state index in [-0.39, 0.29) is 5.78 Å². The Balaban J connectivity index is 2.16. The van der Waals surface area contributed by atoms with E-state index in [4.69, 9.17) is 4.74 Å². The highest BCUT2D eigenvalue weighted by Crippen LogP contribution is 2.00. The maximum atomic E-state index is 10.6. The van der Waals surface area contributed by atoms with E-state index in [1.54, 1.807) is 6.08 Å². The summed E-state index contributed by atoms with van der Waals surface area (Å²) in [6.07, 6.45) is 7.20. The SMILES string of the molecule is CC(=O)/C=C/COC/C=C/c1ccccc1. The number of carbonyl (C=O) groups excluding carboxylic acids is 1. The van der Waals surface area contributed by atoms with Gasteiger partial charge in [-0.1, -0.05) is 48.6 Å². The molecule has 1 aromatic carbocycles. The highest BCUT2D eigenvalue weighted by Gasteiger charge is 1.84. The van der Waals surface area contributed by atoms with Crippen LogP contribution in [0.4, 0.5) is 0 Å². The van der Waals surface area contributed by atoms with Gasteiger partial charge in [0.2, 0.25) is 0 Å². The molecule has 0 amide bonds. The normalized spacial score (nSPS) is 11.3. The lowest BCUT2D eigenvalue weighted by molar-refractivity contribution is -0.112. The molecule has 2 heteroatoms. The maximum Gasteiger partial charge on any atom is 0.152 e. The van der Waals surface area contributed by atoms with Gasteiger partial charge in [-0.05, 0) is 18.6 Å². The van der Waals surface area contributed by atoms with Crippen LogP contribution < -0.4 is 0 Å². The van der Waals surface area contributed by atoms with E-state index in [1.165, 1.54) is 13.0 Å². The average molecular weight is 216 g/mol. The van der Waals surface area contributed by atoms with Crippen LogP contribution in [0.25, 0.3) is 6.08 Å². The smallest absolute Gasteiger partial charge is 0.152 e. The van der Waals surface area contributed by atoms with Gasteiger partial charge >= 0.3 is 0 Å². The minimum absolute atomic E-state index is 0.0448. The second-order valence-corrected chi connectivity index (χ2v) is 3.36. The minimum Gasteiger partial charge on any atom is -0.373 e. The van der Waals surface area contributed by atoms with Gasteiger partial charge in [0.25, 0.3) is 0 Å². The minimum atomic E-state index is 0.0448. The molecule has 0 aromatic heterocycles. The summed E-state index contributed by atoms with van der Waals surface area (Å²) >= 11 is 0. The van der Waals surface area contributed by atoms with Crippen molar-refractivity contribution in [1.29, 1.82) is 0 Å². The van der Waals surface area contributed by atoms with Crippen LogP contribution in [-0.4, -0.2) is 19.0 Å². The molecule has 0 heterocycles. The first kappa shape index (κ1) is 12.4. The average Bonchev–Trinajstić information content (AvgIpc) is 2.29. The molecule has 0 bridgehead atoms. The molecule has 0 atom stereocenters. The van der Waals surface area contributed by atoms with E-state index in [2.05, 4.69) is 0 Å². The molecule has 0 radical (unpaired) electrons. The van der Waals surface area contributed by atoms with Gasteiger partial charge in [-0.3, -0.25) is 4.79 Å². The molecule has 84 valence electrons. The molecular formula is C14H16O2. The van der Waals surface area contributed by atoms with Gasteiger partial charge in [0.05, 0.1) is 13.2 Å². The van der Waals surface area contributed by atoms with Gasteiger partial charge in [-0.2, -0.15) is 0 Å². The Labute approximate surface area is 96.2 Å². The third kappa shape index (κ3) is 5.94. The van der Waals surface area contributed by atoms with Crippen LogP contribution in [0.3, 0.4) is 0 Å².